The summed E-state index contributed by atoms with van der Waals surface area (Å²) in [6.45, 7) is 2.17. The van der Waals surface area contributed by atoms with Crippen molar-refractivity contribution in [3.05, 3.63) is 65.7 Å². The molecule has 0 bridgehead atoms. The van der Waals surface area contributed by atoms with E-state index in [0.29, 0.717) is 5.56 Å². The van der Waals surface area contributed by atoms with Crippen molar-refractivity contribution in [2.45, 2.75) is 31.7 Å². The molecule has 27 heavy (non-hydrogen) atoms. The zero-order valence-electron chi connectivity index (χ0n) is 15.3. The smallest absolute Gasteiger partial charge is 0.407 e. The molecule has 1 fully saturated rings. The third-order valence-corrected chi connectivity index (χ3v) is 4.74. The zero-order chi connectivity index (χ0) is 19.1. The maximum absolute atomic E-state index is 11.7. The number of hydrogen-bond acceptors (Lipinski definition) is 5. The molecule has 0 aliphatic carbocycles. The number of hydrogen-bond donors (Lipinski definition) is 3. The Morgan fingerprint density at radius 2 is 1.70 bits per heavy atom. The molecule has 144 valence electrons. The van der Waals surface area contributed by atoms with E-state index >= 15 is 0 Å². The van der Waals surface area contributed by atoms with Crippen molar-refractivity contribution in [2.24, 2.45) is 0 Å². The summed E-state index contributed by atoms with van der Waals surface area (Å²) in [6, 6.07) is 16.9. The van der Waals surface area contributed by atoms with Gasteiger partial charge in [-0.25, -0.2) is 4.79 Å². The van der Waals surface area contributed by atoms with Crippen LogP contribution < -0.4 is 10.2 Å². The van der Waals surface area contributed by atoms with Gasteiger partial charge in [-0.05, 0) is 36.1 Å². The molecule has 1 aliphatic rings. The summed E-state index contributed by atoms with van der Waals surface area (Å²) in [7, 11) is 0. The Hall–Kier alpha value is -2.57. The molecule has 6 heteroatoms. The fraction of sp³-hybridized carbons (Fsp3) is 0.381. The maximum atomic E-state index is 11.7. The summed E-state index contributed by atoms with van der Waals surface area (Å²) in [4.78, 5) is 14.0. The normalized spacial score (nSPS) is 16.0. The minimum absolute atomic E-state index is 0.0946. The number of nitrogens with zero attached hydrogens (tertiary/aromatic N) is 1. The van der Waals surface area contributed by atoms with E-state index < -0.39 is 18.3 Å². The molecule has 2 unspecified atom stereocenters. The molecule has 0 saturated carbocycles. The summed E-state index contributed by atoms with van der Waals surface area (Å²) in [6.07, 6.45) is -0.419. The molecule has 1 saturated heterocycles. The molecule has 0 radical (unpaired) electrons. The van der Waals surface area contributed by atoms with Crippen LogP contribution in [0.15, 0.2) is 54.6 Å². The zero-order valence-corrected chi connectivity index (χ0v) is 15.3. The standard InChI is InChI=1S/C21H26N2O4/c24-19(14-22-21(26)27-15-16-6-2-1-3-7-16)20(25)17-8-10-18(11-9-17)23-12-4-5-13-23/h1-3,6-11,19-20,24-25H,4-5,12-15H2,(H,22,26). The quantitative estimate of drug-likeness (QED) is 0.698. The first-order chi connectivity index (χ1) is 13.1. The van der Waals surface area contributed by atoms with E-state index in [2.05, 4.69) is 10.2 Å². The lowest BCUT2D eigenvalue weighted by Crippen LogP contribution is -2.35. The van der Waals surface area contributed by atoms with Crippen LogP contribution >= 0.6 is 0 Å². The topological polar surface area (TPSA) is 82.0 Å². The maximum Gasteiger partial charge on any atom is 0.407 e. The van der Waals surface area contributed by atoms with Gasteiger partial charge in [0.25, 0.3) is 0 Å². The molecular weight excluding hydrogens is 344 g/mol. The molecule has 3 N–H and O–H groups in total. The lowest BCUT2D eigenvalue weighted by molar-refractivity contribution is 0.0184. The fourth-order valence-electron chi connectivity index (χ4n) is 3.15. The minimum atomic E-state index is -1.12. The van der Waals surface area contributed by atoms with Crippen LogP contribution in [0.5, 0.6) is 0 Å². The molecule has 2 aromatic rings. The Bertz CT molecular complexity index is 715. The Balaban J connectivity index is 1.44. The summed E-state index contributed by atoms with van der Waals surface area (Å²) in [5.41, 5.74) is 2.62. The number of nitrogens with one attached hydrogen (secondary N) is 1. The number of ether oxygens (including phenoxy) is 1. The molecule has 1 heterocycles. The van der Waals surface area contributed by atoms with Crippen molar-refractivity contribution in [1.29, 1.82) is 0 Å². The van der Waals surface area contributed by atoms with E-state index in [-0.39, 0.29) is 13.2 Å². The van der Waals surface area contributed by atoms with Gasteiger partial charge in [-0.1, -0.05) is 42.5 Å². The van der Waals surface area contributed by atoms with Crippen LogP contribution in [0.25, 0.3) is 0 Å². The number of rotatable bonds is 7. The van der Waals surface area contributed by atoms with Crippen LogP contribution in [0.2, 0.25) is 0 Å². The van der Waals surface area contributed by atoms with Gasteiger partial charge in [-0.3, -0.25) is 0 Å². The second kappa shape index (κ2) is 9.39. The van der Waals surface area contributed by atoms with E-state index in [1.807, 2.05) is 54.6 Å². The van der Waals surface area contributed by atoms with Crippen LogP contribution in [-0.2, 0) is 11.3 Å². The lowest BCUT2D eigenvalue weighted by Gasteiger charge is -2.21. The summed E-state index contributed by atoms with van der Waals surface area (Å²) < 4.78 is 5.09. The number of carbonyl (C=O) groups excluding carboxylic acids is 1. The van der Waals surface area contributed by atoms with Crippen molar-refractivity contribution in [1.82, 2.24) is 5.32 Å². The number of alkyl carbamates (subject to hydrolysis) is 1. The van der Waals surface area contributed by atoms with Crippen molar-refractivity contribution < 1.29 is 19.7 Å². The number of aliphatic hydroxyl groups is 2. The number of anilines is 1. The van der Waals surface area contributed by atoms with E-state index in [9.17, 15) is 15.0 Å². The highest BCUT2D eigenvalue weighted by atomic mass is 16.5. The number of benzene rings is 2. The third kappa shape index (κ3) is 5.45. The van der Waals surface area contributed by atoms with E-state index in [4.69, 9.17) is 4.74 Å². The first-order valence-corrected chi connectivity index (χ1v) is 9.29. The molecular formula is C21H26N2O4. The van der Waals surface area contributed by atoms with E-state index in [1.165, 1.54) is 12.8 Å². The third-order valence-electron chi connectivity index (χ3n) is 4.74. The van der Waals surface area contributed by atoms with E-state index in [0.717, 1.165) is 24.3 Å². The molecule has 2 aromatic carbocycles. The Kier molecular flexibility index (Phi) is 6.68. The molecule has 2 atom stereocenters. The van der Waals surface area contributed by atoms with E-state index in [1.54, 1.807) is 0 Å². The predicted molar refractivity (Wildman–Crippen MR) is 103 cm³/mol. The van der Waals surface area contributed by atoms with Crippen LogP contribution in [0.1, 0.15) is 30.1 Å². The fourth-order valence-corrected chi connectivity index (χ4v) is 3.15. The number of aliphatic hydroxyl groups excluding tert-OH is 2. The highest BCUT2D eigenvalue weighted by Gasteiger charge is 2.20. The van der Waals surface area contributed by atoms with Crippen molar-refractivity contribution in [2.75, 3.05) is 24.5 Å². The second-order valence-corrected chi connectivity index (χ2v) is 6.74. The van der Waals surface area contributed by atoms with Gasteiger partial charge < -0.3 is 25.2 Å². The minimum Gasteiger partial charge on any atom is -0.445 e. The number of carbonyl (C=O) groups is 1. The largest absolute Gasteiger partial charge is 0.445 e. The molecule has 0 aromatic heterocycles. The Labute approximate surface area is 159 Å². The molecule has 6 nitrogen and oxygen atoms in total. The first-order valence-electron chi connectivity index (χ1n) is 9.29. The highest BCUT2D eigenvalue weighted by molar-refractivity contribution is 5.67. The Morgan fingerprint density at radius 1 is 1.04 bits per heavy atom. The molecule has 0 spiro atoms. The number of amides is 1. The predicted octanol–water partition coefficient (Wildman–Crippen LogP) is 2.61. The van der Waals surface area contributed by atoms with Gasteiger partial charge >= 0.3 is 6.09 Å². The average Bonchev–Trinajstić information content (AvgIpc) is 3.25. The highest BCUT2D eigenvalue weighted by Crippen LogP contribution is 2.24. The van der Waals surface area contributed by atoms with Gasteiger partial charge in [-0.2, -0.15) is 0 Å². The van der Waals surface area contributed by atoms with Gasteiger partial charge in [0.15, 0.2) is 0 Å². The Morgan fingerprint density at radius 3 is 2.37 bits per heavy atom. The second-order valence-electron chi connectivity index (χ2n) is 6.74. The molecule has 1 aliphatic heterocycles. The molecule has 3 rings (SSSR count). The van der Waals surface area contributed by atoms with Crippen LogP contribution in [0, 0.1) is 0 Å². The average molecular weight is 370 g/mol. The van der Waals surface area contributed by atoms with Crippen LogP contribution in [-0.4, -0.2) is 42.0 Å². The molecule has 1 amide bonds. The lowest BCUT2D eigenvalue weighted by atomic mass is 10.0. The van der Waals surface area contributed by atoms with Crippen molar-refractivity contribution in [3.8, 4) is 0 Å². The summed E-state index contributed by atoms with van der Waals surface area (Å²) >= 11 is 0. The van der Waals surface area contributed by atoms with Gasteiger partial charge in [0.1, 0.15) is 18.8 Å². The SMILES string of the molecule is O=C(NCC(O)C(O)c1ccc(N2CCCC2)cc1)OCc1ccccc1. The summed E-state index contributed by atoms with van der Waals surface area (Å²) in [5.74, 6) is 0. The van der Waals surface area contributed by atoms with Gasteiger partial charge in [0.05, 0.1) is 0 Å². The van der Waals surface area contributed by atoms with Gasteiger partial charge in [0.2, 0.25) is 0 Å². The van der Waals surface area contributed by atoms with Crippen LogP contribution in [0.3, 0.4) is 0 Å². The first kappa shape index (κ1) is 19.2. The van der Waals surface area contributed by atoms with Crippen LogP contribution in [0.4, 0.5) is 10.5 Å². The van der Waals surface area contributed by atoms with Gasteiger partial charge in [0, 0.05) is 25.3 Å². The summed E-state index contributed by atoms with van der Waals surface area (Å²) in [5, 5.41) is 22.9. The monoisotopic (exact) mass is 370 g/mol. The van der Waals surface area contributed by atoms with Crippen molar-refractivity contribution >= 4 is 11.8 Å². The van der Waals surface area contributed by atoms with Crippen molar-refractivity contribution in [3.63, 3.8) is 0 Å². The van der Waals surface area contributed by atoms with Gasteiger partial charge in [-0.15, -0.1) is 0 Å².